The molecular formula is C14H21NO5. The maximum Gasteiger partial charge on any atom is 0.305 e. The number of hydrogen-bond acceptors (Lipinski definition) is 5. The minimum absolute atomic E-state index is 0.0603. The fourth-order valence-electron chi connectivity index (χ4n) is 1.95. The predicted molar refractivity (Wildman–Crippen MR) is 71.6 cm³/mol. The summed E-state index contributed by atoms with van der Waals surface area (Å²) in [6.07, 6.45) is 7.28. The highest BCUT2D eigenvalue weighted by Gasteiger charge is 2.21. The van der Waals surface area contributed by atoms with E-state index in [4.69, 9.17) is 9.84 Å². The summed E-state index contributed by atoms with van der Waals surface area (Å²) >= 11 is 0. The lowest BCUT2D eigenvalue weighted by Crippen LogP contribution is -2.30. The van der Waals surface area contributed by atoms with Crippen molar-refractivity contribution < 1.29 is 24.2 Å². The Labute approximate surface area is 118 Å². The molecule has 0 atom stereocenters. The number of amides is 2. The van der Waals surface area contributed by atoms with Gasteiger partial charge in [0.1, 0.15) is 6.61 Å². The first-order valence-corrected chi connectivity index (χ1v) is 6.95. The lowest BCUT2D eigenvalue weighted by atomic mass is 10.1. The van der Waals surface area contributed by atoms with Crippen LogP contribution in [0, 0.1) is 0 Å². The van der Waals surface area contributed by atoms with Crippen molar-refractivity contribution in [3.63, 3.8) is 0 Å². The van der Waals surface area contributed by atoms with Crippen molar-refractivity contribution in [3.05, 3.63) is 12.2 Å². The van der Waals surface area contributed by atoms with Gasteiger partial charge in [-0.05, 0) is 12.8 Å². The van der Waals surface area contributed by atoms with E-state index in [1.54, 1.807) is 0 Å². The molecule has 1 aliphatic rings. The number of aliphatic hydroxyl groups excluding tert-OH is 1. The van der Waals surface area contributed by atoms with Crippen molar-refractivity contribution >= 4 is 17.8 Å². The number of hydrogen-bond donors (Lipinski definition) is 1. The Kier molecular flexibility index (Phi) is 7.57. The molecule has 0 aliphatic carbocycles. The lowest BCUT2D eigenvalue weighted by molar-refractivity contribution is -0.144. The number of ether oxygens (including phenoxy) is 1. The second kappa shape index (κ2) is 9.25. The summed E-state index contributed by atoms with van der Waals surface area (Å²) in [4.78, 5) is 34.9. The van der Waals surface area contributed by atoms with Gasteiger partial charge in [0.25, 0.3) is 11.8 Å². The average Bonchev–Trinajstić information content (AvgIpc) is 2.75. The third-order valence-electron chi connectivity index (χ3n) is 3.02. The van der Waals surface area contributed by atoms with Crippen LogP contribution in [0.25, 0.3) is 0 Å². The summed E-state index contributed by atoms with van der Waals surface area (Å²) in [7, 11) is 0. The second-order valence-corrected chi connectivity index (χ2v) is 4.62. The number of imide groups is 1. The molecule has 0 bridgehead atoms. The standard InChI is InChI=1S/C14H21NO5/c16-10-11-20-14(19)6-4-2-1-3-5-9-15-12(17)7-8-13(15)18/h7-8,16H,1-6,9-11H2. The van der Waals surface area contributed by atoms with E-state index in [1.807, 2.05) is 0 Å². The van der Waals surface area contributed by atoms with E-state index in [0.717, 1.165) is 32.1 Å². The molecule has 0 saturated carbocycles. The highest BCUT2D eigenvalue weighted by Crippen LogP contribution is 2.09. The van der Waals surface area contributed by atoms with E-state index < -0.39 is 0 Å². The van der Waals surface area contributed by atoms with E-state index >= 15 is 0 Å². The minimum Gasteiger partial charge on any atom is -0.463 e. The van der Waals surface area contributed by atoms with Gasteiger partial charge >= 0.3 is 5.97 Å². The highest BCUT2D eigenvalue weighted by atomic mass is 16.5. The maximum absolute atomic E-state index is 11.3. The number of carbonyl (C=O) groups excluding carboxylic acids is 3. The molecule has 112 valence electrons. The number of nitrogens with zero attached hydrogens (tertiary/aromatic N) is 1. The van der Waals surface area contributed by atoms with Crippen molar-refractivity contribution in [1.82, 2.24) is 4.90 Å². The van der Waals surface area contributed by atoms with Crippen LogP contribution in [0.1, 0.15) is 38.5 Å². The Morgan fingerprint density at radius 1 is 1.05 bits per heavy atom. The van der Waals surface area contributed by atoms with Gasteiger partial charge in [0, 0.05) is 25.1 Å². The van der Waals surface area contributed by atoms with Crippen LogP contribution < -0.4 is 0 Å². The van der Waals surface area contributed by atoms with Crippen LogP contribution >= 0.6 is 0 Å². The third-order valence-corrected chi connectivity index (χ3v) is 3.02. The molecule has 1 N–H and O–H groups in total. The maximum atomic E-state index is 11.3. The minimum atomic E-state index is -0.279. The molecule has 1 rings (SSSR count). The Hall–Kier alpha value is -1.69. The molecule has 0 aromatic carbocycles. The molecule has 2 amide bonds. The van der Waals surface area contributed by atoms with Gasteiger partial charge in [-0.15, -0.1) is 0 Å². The van der Waals surface area contributed by atoms with Gasteiger partial charge in [0.05, 0.1) is 6.61 Å². The van der Waals surface area contributed by atoms with Gasteiger partial charge in [-0.2, -0.15) is 0 Å². The molecule has 0 spiro atoms. The van der Waals surface area contributed by atoms with Gasteiger partial charge < -0.3 is 9.84 Å². The number of aliphatic hydroxyl groups is 1. The first-order chi connectivity index (χ1) is 9.65. The molecule has 0 fully saturated rings. The fourth-order valence-corrected chi connectivity index (χ4v) is 1.95. The molecule has 6 nitrogen and oxygen atoms in total. The molecule has 0 saturated heterocycles. The van der Waals surface area contributed by atoms with Crippen molar-refractivity contribution in [2.45, 2.75) is 38.5 Å². The highest BCUT2D eigenvalue weighted by molar-refractivity contribution is 6.12. The molecule has 0 radical (unpaired) electrons. The summed E-state index contributed by atoms with van der Waals surface area (Å²) in [6, 6.07) is 0. The van der Waals surface area contributed by atoms with E-state index in [9.17, 15) is 14.4 Å². The van der Waals surface area contributed by atoms with Crippen molar-refractivity contribution in [1.29, 1.82) is 0 Å². The van der Waals surface area contributed by atoms with E-state index in [0.29, 0.717) is 13.0 Å². The molecule has 0 unspecified atom stereocenters. The number of unbranched alkanes of at least 4 members (excludes halogenated alkanes) is 4. The quantitative estimate of drug-likeness (QED) is 0.364. The molecule has 1 heterocycles. The van der Waals surface area contributed by atoms with Crippen molar-refractivity contribution in [2.75, 3.05) is 19.8 Å². The molecule has 1 aliphatic heterocycles. The van der Waals surface area contributed by atoms with E-state index in [1.165, 1.54) is 17.1 Å². The zero-order valence-electron chi connectivity index (χ0n) is 11.5. The van der Waals surface area contributed by atoms with Gasteiger partial charge in [-0.1, -0.05) is 19.3 Å². The zero-order chi connectivity index (χ0) is 14.8. The third kappa shape index (κ3) is 5.97. The van der Waals surface area contributed by atoms with Crippen LogP contribution in [-0.2, 0) is 19.1 Å². The summed E-state index contributed by atoms with van der Waals surface area (Å²) in [5, 5.41) is 8.48. The van der Waals surface area contributed by atoms with Crippen molar-refractivity contribution in [2.24, 2.45) is 0 Å². The Balaban J connectivity index is 1.94. The average molecular weight is 283 g/mol. The van der Waals surface area contributed by atoms with Crippen LogP contribution in [-0.4, -0.2) is 47.5 Å². The normalized spacial score (nSPS) is 14.2. The smallest absolute Gasteiger partial charge is 0.305 e. The van der Waals surface area contributed by atoms with Crippen LogP contribution in [0.5, 0.6) is 0 Å². The number of rotatable bonds is 10. The first kappa shape index (κ1) is 16.4. The Bertz CT molecular complexity index is 360. The zero-order valence-corrected chi connectivity index (χ0v) is 11.5. The molecule has 20 heavy (non-hydrogen) atoms. The molecule has 0 aromatic rings. The van der Waals surface area contributed by atoms with Gasteiger partial charge in [0.15, 0.2) is 0 Å². The first-order valence-electron chi connectivity index (χ1n) is 6.95. The van der Waals surface area contributed by atoms with E-state index in [2.05, 4.69) is 0 Å². The summed E-state index contributed by atoms with van der Waals surface area (Å²) in [6.45, 7) is 0.377. The van der Waals surface area contributed by atoms with Gasteiger partial charge in [-0.25, -0.2) is 0 Å². The number of esters is 1. The molecule has 6 heteroatoms. The van der Waals surface area contributed by atoms with E-state index in [-0.39, 0.29) is 31.0 Å². The Morgan fingerprint density at radius 3 is 2.30 bits per heavy atom. The summed E-state index contributed by atoms with van der Waals surface area (Å²) < 4.78 is 4.73. The number of carbonyl (C=O) groups is 3. The van der Waals surface area contributed by atoms with Crippen LogP contribution in [0.15, 0.2) is 12.2 Å². The monoisotopic (exact) mass is 283 g/mol. The molecular weight excluding hydrogens is 262 g/mol. The van der Waals surface area contributed by atoms with Crippen LogP contribution in [0.4, 0.5) is 0 Å². The fraction of sp³-hybridized carbons (Fsp3) is 0.643. The van der Waals surface area contributed by atoms with Crippen LogP contribution in [0.3, 0.4) is 0 Å². The topological polar surface area (TPSA) is 83.9 Å². The lowest BCUT2D eigenvalue weighted by Gasteiger charge is -2.12. The summed E-state index contributed by atoms with van der Waals surface area (Å²) in [5.74, 6) is -0.748. The second-order valence-electron chi connectivity index (χ2n) is 4.62. The van der Waals surface area contributed by atoms with Crippen molar-refractivity contribution in [3.8, 4) is 0 Å². The largest absolute Gasteiger partial charge is 0.463 e. The summed E-state index contributed by atoms with van der Waals surface area (Å²) in [5.41, 5.74) is 0. The predicted octanol–water partition coefficient (Wildman–Crippen LogP) is 0.788. The SMILES string of the molecule is O=C(CCCCCCCN1C(=O)C=CC1=O)OCCO. The Morgan fingerprint density at radius 2 is 1.65 bits per heavy atom. The van der Waals surface area contributed by atoms with Crippen LogP contribution in [0.2, 0.25) is 0 Å². The molecule has 0 aromatic heterocycles. The van der Waals surface area contributed by atoms with Gasteiger partial charge in [-0.3, -0.25) is 19.3 Å². The van der Waals surface area contributed by atoms with Gasteiger partial charge in [0.2, 0.25) is 0 Å².